The SMILES string of the molecule is O=Cc1ccc(OCc2ccc(C(=O)O)s2)c(F)c1. The maximum atomic E-state index is 13.5. The van der Waals surface area contributed by atoms with Crippen LogP contribution in [0.3, 0.4) is 0 Å². The van der Waals surface area contributed by atoms with Gasteiger partial charge in [-0.15, -0.1) is 11.3 Å². The van der Waals surface area contributed by atoms with Gasteiger partial charge in [0.2, 0.25) is 0 Å². The summed E-state index contributed by atoms with van der Waals surface area (Å²) in [5.74, 6) is -1.60. The molecule has 4 nitrogen and oxygen atoms in total. The van der Waals surface area contributed by atoms with Crippen molar-refractivity contribution >= 4 is 23.6 Å². The molecular weight excluding hydrogens is 271 g/mol. The molecule has 0 atom stereocenters. The van der Waals surface area contributed by atoms with Crippen molar-refractivity contribution in [1.29, 1.82) is 0 Å². The fraction of sp³-hybridized carbons (Fsp3) is 0.0769. The molecule has 0 aliphatic rings. The summed E-state index contributed by atoms with van der Waals surface area (Å²) in [5, 5.41) is 8.76. The van der Waals surface area contributed by atoms with Crippen LogP contribution in [0.1, 0.15) is 24.9 Å². The Morgan fingerprint density at radius 1 is 1.37 bits per heavy atom. The van der Waals surface area contributed by atoms with Crippen LogP contribution in [0, 0.1) is 5.82 Å². The highest BCUT2D eigenvalue weighted by Gasteiger charge is 2.09. The number of ether oxygens (including phenoxy) is 1. The number of aldehydes is 1. The molecule has 0 fully saturated rings. The summed E-state index contributed by atoms with van der Waals surface area (Å²) < 4.78 is 18.7. The molecule has 0 amide bonds. The van der Waals surface area contributed by atoms with E-state index in [9.17, 15) is 14.0 Å². The second-order valence-electron chi connectivity index (χ2n) is 3.67. The van der Waals surface area contributed by atoms with E-state index in [1.807, 2.05) is 0 Å². The number of benzene rings is 1. The Kier molecular flexibility index (Phi) is 3.91. The first-order valence-corrected chi connectivity index (χ1v) is 6.11. The summed E-state index contributed by atoms with van der Waals surface area (Å²) in [6, 6.07) is 6.98. The Balaban J connectivity index is 2.05. The van der Waals surface area contributed by atoms with E-state index in [4.69, 9.17) is 9.84 Å². The van der Waals surface area contributed by atoms with Crippen LogP contribution in [0.2, 0.25) is 0 Å². The molecule has 0 aliphatic heterocycles. The first-order valence-electron chi connectivity index (χ1n) is 5.29. The van der Waals surface area contributed by atoms with Crippen LogP contribution in [0.4, 0.5) is 4.39 Å². The Bertz CT molecular complexity index is 621. The smallest absolute Gasteiger partial charge is 0.345 e. The van der Waals surface area contributed by atoms with Gasteiger partial charge in [-0.3, -0.25) is 4.79 Å². The van der Waals surface area contributed by atoms with Crippen molar-refractivity contribution < 1.29 is 23.8 Å². The van der Waals surface area contributed by atoms with E-state index in [0.717, 1.165) is 17.4 Å². The Hall–Kier alpha value is -2.21. The summed E-state index contributed by atoms with van der Waals surface area (Å²) in [4.78, 5) is 22.0. The molecule has 0 aliphatic carbocycles. The lowest BCUT2D eigenvalue weighted by Gasteiger charge is -2.05. The topological polar surface area (TPSA) is 63.6 Å². The molecule has 1 N–H and O–H groups in total. The minimum absolute atomic E-state index is 0.0240. The van der Waals surface area contributed by atoms with Gasteiger partial charge in [-0.05, 0) is 30.3 Å². The normalized spacial score (nSPS) is 10.2. The molecule has 2 rings (SSSR count). The number of hydrogen-bond donors (Lipinski definition) is 1. The first-order chi connectivity index (χ1) is 9.10. The number of carboxylic acids is 1. The van der Waals surface area contributed by atoms with E-state index >= 15 is 0 Å². The minimum atomic E-state index is -1.00. The molecule has 0 bridgehead atoms. The molecule has 1 heterocycles. The molecule has 0 radical (unpaired) electrons. The maximum absolute atomic E-state index is 13.5. The van der Waals surface area contributed by atoms with E-state index in [0.29, 0.717) is 11.2 Å². The van der Waals surface area contributed by atoms with Gasteiger partial charge in [0.1, 0.15) is 17.8 Å². The van der Waals surface area contributed by atoms with Gasteiger partial charge in [-0.25, -0.2) is 9.18 Å². The third-order valence-corrected chi connectivity index (χ3v) is 3.38. The van der Waals surface area contributed by atoms with Gasteiger partial charge in [0.15, 0.2) is 11.6 Å². The lowest BCUT2D eigenvalue weighted by Crippen LogP contribution is -1.96. The van der Waals surface area contributed by atoms with Crippen molar-refractivity contribution in [2.45, 2.75) is 6.61 Å². The lowest BCUT2D eigenvalue weighted by molar-refractivity contribution is 0.0702. The molecule has 2 aromatic rings. The number of carbonyl (C=O) groups excluding carboxylic acids is 1. The standard InChI is InChI=1S/C13H9FO4S/c14-10-5-8(6-15)1-3-11(10)18-7-9-2-4-12(19-9)13(16)17/h1-6H,7H2,(H,16,17). The van der Waals surface area contributed by atoms with Crippen LogP contribution in [-0.4, -0.2) is 17.4 Å². The van der Waals surface area contributed by atoms with Gasteiger partial charge >= 0.3 is 5.97 Å². The van der Waals surface area contributed by atoms with Crippen molar-refractivity contribution in [2.24, 2.45) is 0 Å². The van der Waals surface area contributed by atoms with Crippen LogP contribution in [0.25, 0.3) is 0 Å². The number of aromatic carboxylic acids is 1. The van der Waals surface area contributed by atoms with E-state index < -0.39 is 11.8 Å². The van der Waals surface area contributed by atoms with E-state index in [2.05, 4.69) is 0 Å². The van der Waals surface area contributed by atoms with Crippen LogP contribution < -0.4 is 4.74 Å². The molecule has 6 heteroatoms. The van der Waals surface area contributed by atoms with Crippen LogP contribution in [0.15, 0.2) is 30.3 Å². The number of carbonyl (C=O) groups is 2. The molecule has 0 saturated heterocycles. The third kappa shape index (κ3) is 3.17. The van der Waals surface area contributed by atoms with Gasteiger partial charge in [-0.2, -0.15) is 0 Å². The van der Waals surface area contributed by atoms with Gasteiger partial charge < -0.3 is 9.84 Å². The summed E-state index contributed by atoms with van der Waals surface area (Å²) in [7, 11) is 0. The molecule has 1 aromatic heterocycles. The molecule has 0 spiro atoms. The van der Waals surface area contributed by atoms with Gasteiger partial charge in [0, 0.05) is 10.4 Å². The highest BCUT2D eigenvalue weighted by atomic mass is 32.1. The average Bonchev–Trinajstić information content (AvgIpc) is 2.86. The predicted octanol–water partition coefficient (Wildman–Crippen LogP) is 2.98. The monoisotopic (exact) mass is 280 g/mol. The highest BCUT2D eigenvalue weighted by molar-refractivity contribution is 7.13. The van der Waals surface area contributed by atoms with Crippen LogP contribution >= 0.6 is 11.3 Å². The fourth-order valence-electron chi connectivity index (χ4n) is 1.43. The summed E-state index contributed by atoms with van der Waals surface area (Å²) >= 11 is 1.07. The number of halogens is 1. The Labute approximate surface area is 112 Å². The first kappa shape index (κ1) is 13.2. The van der Waals surface area contributed by atoms with Crippen molar-refractivity contribution in [3.63, 3.8) is 0 Å². The average molecular weight is 280 g/mol. The second-order valence-corrected chi connectivity index (χ2v) is 4.84. The van der Waals surface area contributed by atoms with Crippen molar-refractivity contribution in [1.82, 2.24) is 0 Å². The van der Waals surface area contributed by atoms with Crippen molar-refractivity contribution in [3.8, 4) is 5.75 Å². The zero-order valence-electron chi connectivity index (χ0n) is 9.63. The van der Waals surface area contributed by atoms with Gasteiger partial charge in [0.25, 0.3) is 0 Å². The summed E-state index contributed by atoms with van der Waals surface area (Å²) in [6.07, 6.45) is 0.547. The van der Waals surface area contributed by atoms with Gasteiger partial charge in [-0.1, -0.05) is 0 Å². The quantitative estimate of drug-likeness (QED) is 0.855. The van der Waals surface area contributed by atoms with Crippen LogP contribution in [0.5, 0.6) is 5.75 Å². The Morgan fingerprint density at radius 3 is 2.74 bits per heavy atom. The predicted molar refractivity (Wildman–Crippen MR) is 67.4 cm³/mol. The number of hydrogen-bond acceptors (Lipinski definition) is 4. The third-order valence-electron chi connectivity index (χ3n) is 2.33. The van der Waals surface area contributed by atoms with Crippen molar-refractivity contribution in [2.75, 3.05) is 0 Å². The number of carboxylic acid groups (broad SMARTS) is 1. The molecule has 19 heavy (non-hydrogen) atoms. The number of thiophene rings is 1. The lowest BCUT2D eigenvalue weighted by atomic mass is 10.2. The zero-order valence-corrected chi connectivity index (χ0v) is 10.4. The zero-order chi connectivity index (χ0) is 13.8. The van der Waals surface area contributed by atoms with E-state index in [-0.39, 0.29) is 22.8 Å². The van der Waals surface area contributed by atoms with Gasteiger partial charge in [0.05, 0.1) is 0 Å². The highest BCUT2D eigenvalue weighted by Crippen LogP contribution is 2.22. The van der Waals surface area contributed by atoms with Crippen LogP contribution in [-0.2, 0) is 6.61 Å². The fourth-order valence-corrected chi connectivity index (χ4v) is 2.19. The largest absolute Gasteiger partial charge is 0.485 e. The van der Waals surface area contributed by atoms with Crippen molar-refractivity contribution in [3.05, 3.63) is 51.5 Å². The molecule has 98 valence electrons. The Morgan fingerprint density at radius 2 is 2.16 bits per heavy atom. The molecular formula is C13H9FO4S. The van der Waals surface area contributed by atoms with E-state index in [1.54, 1.807) is 6.07 Å². The molecule has 0 unspecified atom stereocenters. The molecule has 1 aromatic carbocycles. The summed E-state index contributed by atoms with van der Waals surface area (Å²) in [5.41, 5.74) is 0.231. The van der Waals surface area contributed by atoms with E-state index in [1.165, 1.54) is 18.2 Å². The maximum Gasteiger partial charge on any atom is 0.345 e. The minimum Gasteiger partial charge on any atom is -0.485 e. The molecule has 0 saturated carbocycles. The second kappa shape index (κ2) is 5.62. The number of rotatable bonds is 5. The summed E-state index contributed by atoms with van der Waals surface area (Å²) in [6.45, 7) is 0.0787.